The van der Waals surface area contributed by atoms with Crippen LogP contribution < -0.4 is 5.32 Å². The number of hydrogen-bond donors (Lipinski definition) is 1. The number of rotatable bonds is 0. The van der Waals surface area contributed by atoms with E-state index < -0.39 is 0 Å². The van der Waals surface area contributed by atoms with Crippen LogP contribution >= 0.6 is 15.9 Å². The summed E-state index contributed by atoms with van der Waals surface area (Å²) < 4.78 is 0.797. The molecular formula is C8H5BrKNO2. The molecule has 2 amide bonds. The molecule has 0 bridgehead atoms. The second-order valence-corrected chi connectivity index (χ2v) is 3.39. The van der Waals surface area contributed by atoms with Crippen LogP contribution in [0.1, 0.15) is 20.7 Å². The third-order valence-corrected chi connectivity index (χ3v) is 2.19. The molecule has 13 heavy (non-hydrogen) atoms. The van der Waals surface area contributed by atoms with Crippen molar-refractivity contribution in [2.24, 2.45) is 0 Å². The molecule has 0 radical (unpaired) electrons. The second-order valence-electron chi connectivity index (χ2n) is 2.47. The van der Waals surface area contributed by atoms with Gasteiger partial charge in [-0.3, -0.25) is 14.9 Å². The van der Waals surface area contributed by atoms with Crippen molar-refractivity contribution in [1.29, 1.82) is 0 Å². The summed E-state index contributed by atoms with van der Waals surface area (Å²) in [5.41, 5.74) is 0.887. The number of carbonyl (C=O) groups is 2. The first kappa shape index (κ1) is 11.6. The molecule has 1 heterocycles. The first-order valence-electron chi connectivity index (χ1n) is 3.34. The minimum absolute atomic E-state index is 0. The second kappa shape index (κ2) is 4.33. The van der Waals surface area contributed by atoms with E-state index in [0.29, 0.717) is 11.1 Å². The van der Waals surface area contributed by atoms with Gasteiger partial charge in [0.05, 0.1) is 11.1 Å². The Hall–Kier alpha value is 0.476. The van der Waals surface area contributed by atoms with Crippen LogP contribution in [-0.2, 0) is 0 Å². The van der Waals surface area contributed by atoms with E-state index in [9.17, 15) is 9.59 Å². The SMILES string of the molecule is O=C1NC(=O)c2cc(Br)ccc21.[KH]. The number of benzene rings is 1. The van der Waals surface area contributed by atoms with E-state index in [1.807, 2.05) is 0 Å². The summed E-state index contributed by atoms with van der Waals surface area (Å²) in [4.78, 5) is 22.1. The van der Waals surface area contributed by atoms with Gasteiger partial charge >= 0.3 is 51.4 Å². The molecule has 2 rings (SSSR count). The standard InChI is InChI=1S/C8H4BrNO2.K.H/c9-4-1-2-5-6(3-4)8(12)10-7(5)11;;/h1-3H,(H,10,11,12);;. The Balaban J connectivity index is 0.000000845. The quantitative estimate of drug-likeness (QED) is 0.554. The van der Waals surface area contributed by atoms with Gasteiger partial charge in [-0.1, -0.05) is 15.9 Å². The van der Waals surface area contributed by atoms with Gasteiger partial charge in [0.2, 0.25) is 0 Å². The first-order chi connectivity index (χ1) is 5.68. The summed E-state index contributed by atoms with van der Waals surface area (Å²) >= 11 is 3.22. The van der Waals surface area contributed by atoms with Crippen LogP contribution in [0, 0.1) is 0 Å². The van der Waals surface area contributed by atoms with Crippen LogP contribution in [0.15, 0.2) is 22.7 Å². The van der Waals surface area contributed by atoms with Crippen LogP contribution in [-0.4, -0.2) is 63.2 Å². The van der Waals surface area contributed by atoms with Gasteiger partial charge in [0.15, 0.2) is 0 Å². The summed E-state index contributed by atoms with van der Waals surface area (Å²) in [5, 5.41) is 2.21. The zero-order valence-electron chi connectivity index (χ0n) is 5.93. The van der Waals surface area contributed by atoms with E-state index in [1.165, 1.54) is 0 Å². The average molecular weight is 266 g/mol. The number of amides is 2. The molecule has 0 fully saturated rings. The Morgan fingerprint density at radius 2 is 1.69 bits per heavy atom. The Morgan fingerprint density at radius 3 is 2.38 bits per heavy atom. The number of halogens is 1. The molecule has 3 nitrogen and oxygen atoms in total. The van der Waals surface area contributed by atoms with Gasteiger partial charge in [-0.05, 0) is 18.2 Å². The molecule has 0 unspecified atom stereocenters. The van der Waals surface area contributed by atoms with Gasteiger partial charge < -0.3 is 0 Å². The van der Waals surface area contributed by atoms with Crippen LogP contribution in [0.4, 0.5) is 0 Å². The third kappa shape index (κ3) is 2.11. The number of nitrogens with one attached hydrogen (secondary N) is 1. The van der Waals surface area contributed by atoms with Crippen molar-refractivity contribution in [2.75, 3.05) is 0 Å². The van der Waals surface area contributed by atoms with Crippen LogP contribution in [0.3, 0.4) is 0 Å². The zero-order chi connectivity index (χ0) is 8.72. The van der Waals surface area contributed by atoms with Crippen molar-refractivity contribution in [3.63, 3.8) is 0 Å². The average Bonchev–Trinajstić information content (AvgIpc) is 2.28. The minimum atomic E-state index is -0.323. The molecule has 0 atom stereocenters. The predicted molar refractivity (Wildman–Crippen MR) is 53.1 cm³/mol. The summed E-state index contributed by atoms with van der Waals surface area (Å²) in [7, 11) is 0. The molecular weight excluding hydrogens is 261 g/mol. The summed E-state index contributed by atoms with van der Waals surface area (Å²) in [5.74, 6) is -0.640. The first-order valence-corrected chi connectivity index (χ1v) is 4.13. The van der Waals surface area contributed by atoms with Gasteiger partial charge in [0.25, 0.3) is 11.8 Å². The van der Waals surface area contributed by atoms with Gasteiger partial charge in [-0.15, -0.1) is 0 Å². The Labute approximate surface area is 126 Å². The van der Waals surface area contributed by atoms with Gasteiger partial charge in [-0.25, -0.2) is 0 Å². The summed E-state index contributed by atoms with van der Waals surface area (Å²) in [6.45, 7) is 0. The van der Waals surface area contributed by atoms with Crippen molar-refractivity contribution in [3.05, 3.63) is 33.8 Å². The van der Waals surface area contributed by atoms with Crippen molar-refractivity contribution in [1.82, 2.24) is 5.32 Å². The van der Waals surface area contributed by atoms with Crippen LogP contribution in [0.5, 0.6) is 0 Å². The molecule has 1 aromatic carbocycles. The fourth-order valence-corrected chi connectivity index (χ4v) is 1.50. The van der Waals surface area contributed by atoms with Crippen LogP contribution in [0.25, 0.3) is 0 Å². The molecule has 1 aromatic rings. The van der Waals surface area contributed by atoms with E-state index in [2.05, 4.69) is 21.2 Å². The van der Waals surface area contributed by atoms with E-state index in [4.69, 9.17) is 0 Å². The molecule has 0 saturated heterocycles. The normalized spacial score (nSPS) is 13.3. The van der Waals surface area contributed by atoms with Crippen molar-refractivity contribution in [3.8, 4) is 0 Å². The Bertz CT molecular complexity index is 392. The molecule has 0 aromatic heterocycles. The topological polar surface area (TPSA) is 46.2 Å². The predicted octanol–water partition coefficient (Wildman–Crippen LogP) is 0.684. The maximum absolute atomic E-state index is 11.1. The molecule has 1 aliphatic rings. The molecule has 0 saturated carbocycles. The van der Waals surface area contributed by atoms with Gasteiger partial charge in [0.1, 0.15) is 0 Å². The zero-order valence-corrected chi connectivity index (χ0v) is 7.51. The summed E-state index contributed by atoms with van der Waals surface area (Å²) in [6.07, 6.45) is 0. The van der Waals surface area contributed by atoms with Crippen LogP contribution in [0.2, 0.25) is 0 Å². The van der Waals surface area contributed by atoms with Crippen molar-refractivity contribution >= 4 is 79.1 Å². The van der Waals surface area contributed by atoms with E-state index in [1.54, 1.807) is 18.2 Å². The van der Waals surface area contributed by atoms with E-state index >= 15 is 0 Å². The van der Waals surface area contributed by atoms with E-state index in [0.717, 1.165) is 4.47 Å². The molecule has 5 heteroatoms. The molecule has 0 spiro atoms. The summed E-state index contributed by atoms with van der Waals surface area (Å²) in [6, 6.07) is 4.99. The van der Waals surface area contributed by atoms with E-state index in [-0.39, 0.29) is 63.2 Å². The van der Waals surface area contributed by atoms with Crippen molar-refractivity contribution in [2.45, 2.75) is 0 Å². The molecule has 1 N–H and O–H groups in total. The molecule has 1 aliphatic heterocycles. The maximum atomic E-state index is 11.1. The van der Waals surface area contributed by atoms with Gasteiger partial charge in [0, 0.05) is 4.47 Å². The molecule has 62 valence electrons. The monoisotopic (exact) mass is 265 g/mol. The third-order valence-electron chi connectivity index (χ3n) is 1.70. The number of imide groups is 1. The Morgan fingerprint density at radius 1 is 1.08 bits per heavy atom. The number of carbonyl (C=O) groups excluding carboxylic acids is 2. The molecule has 0 aliphatic carbocycles. The Kier molecular flexibility index (Phi) is 3.85. The van der Waals surface area contributed by atoms with Crippen molar-refractivity contribution < 1.29 is 9.59 Å². The van der Waals surface area contributed by atoms with Gasteiger partial charge in [-0.2, -0.15) is 0 Å². The number of fused-ring (bicyclic) bond motifs is 1. The fraction of sp³-hybridized carbons (Fsp3) is 0. The fourth-order valence-electron chi connectivity index (χ4n) is 1.14. The number of hydrogen-bond acceptors (Lipinski definition) is 2.